The van der Waals surface area contributed by atoms with E-state index in [2.05, 4.69) is 50.8 Å². The molecular formula is C23H30N4O2. The predicted octanol–water partition coefficient (Wildman–Crippen LogP) is 4.21. The number of amides is 2. The topological polar surface area (TPSA) is 134 Å². The van der Waals surface area contributed by atoms with Crippen LogP contribution in [0.5, 0.6) is 0 Å². The molecule has 154 valence electrons. The molecule has 0 radical (unpaired) electrons. The third kappa shape index (κ3) is 40.1. The summed E-state index contributed by atoms with van der Waals surface area (Å²) < 4.78 is 0. The average Bonchev–Trinajstić information content (AvgIpc) is 2.70. The van der Waals surface area contributed by atoms with E-state index in [1.165, 1.54) is 11.6 Å². The van der Waals surface area contributed by atoms with Gasteiger partial charge in [-0.15, -0.1) is 0 Å². The first kappa shape index (κ1) is 32.5. The highest BCUT2D eigenvalue weighted by molar-refractivity contribution is 5.90. The van der Waals surface area contributed by atoms with Crippen molar-refractivity contribution in [2.75, 3.05) is 0 Å². The first-order valence-corrected chi connectivity index (χ1v) is 8.05. The molecule has 0 saturated carbocycles. The van der Waals surface area contributed by atoms with Crippen molar-refractivity contribution < 1.29 is 9.59 Å². The molecule has 0 spiro atoms. The number of carbonyl (C=O) groups is 2. The SMILES string of the molecule is C=C(C)C#N.C=C(C)C(N)=O.C=C(C)c1ccccc1.C=CC#N.C=CC(N)=O. The third-order valence-corrected chi connectivity index (χ3v) is 2.17. The number of nitrogens with two attached hydrogens (primary N) is 2. The molecule has 0 aromatic heterocycles. The molecule has 6 heteroatoms. The Kier molecular flexibility index (Phi) is 26.7. The molecule has 0 fully saturated rings. The number of carbonyl (C=O) groups excluding carboxylic acids is 2. The van der Waals surface area contributed by atoms with E-state index in [-0.39, 0.29) is 0 Å². The fourth-order valence-corrected chi connectivity index (χ4v) is 0.723. The van der Waals surface area contributed by atoms with Crippen molar-refractivity contribution in [1.82, 2.24) is 0 Å². The molecule has 1 aromatic rings. The molecule has 4 N–H and O–H groups in total. The second kappa shape index (κ2) is 23.8. The van der Waals surface area contributed by atoms with Crippen LogP contribution in [0.2, 0.25) is 0 Å². The maximum atomic E-state index is 9.82. The molecule has 0 atom stereocenters. The minimum Gasteiger partial charge on any atom is -0.366 e. The summed E-state index contributed by atoms with van der Waals surface area (Å²) in [7, 11) is 0. The quantitative estimate of drug-likeness (QED) is 0.586. The second-order valence-electron chi connectivity index (χ2n) is 5.12. The van der Waals surface area contributed by atoms with Crippen LogP contribution in [0.15, 0.2) is 86.5 Å². The Morgan fingerprint density at radius 3 is 1.38 bits per heavy atom. The van der Waals surface area contributed by atoms with Gasteiger partial charge in [0.15, 0.2) is 0 Å². The Morgan fingerprint density at radius 1 is 0.966 bits per heavy atom. The van der Waals surface area contributed by atoms with Gasteiger partial charge in [-0.25, -0.2) is 0 Å². The maximum absolute atomic E-state index is 9.82. The van der Waals surface area contributed by atoms with Crippen LogP contribution in [0.25, 0.3) is 5.57 Å². The van der Waals surface area contributed by atoms with Gasteiger partial charge in [-0.2, -0.15) is 10.5 Å². The van der Waals surface area contributed by atoms with Crippen molar-refractivity contribution in [2.24, 2.45) is 11.5 Å². The molecule has 0 saturated heterocycles. The van der Waals surface area contributed by atoms with Gasteiger partial charge in [0.1, 0.15) is 0 Å². The summed E-state index contributed by atoms with van der Waals surface area (Å²) in [6.45, 7) is 21.9. The lowest BCUT2D eigenvalue weighted by Gasteiger charge is -1.94. The number of rotatable bonds is 3. The first-order valence-electron chi connectivity index (χ1n) is 8.05. The van der Waals surface area contributed by atoms with Crippen LogP contribution in [-0.2, 0) is 9.59 Å². The van der Waals surface area contributed by atoms with Gasteiger partial charge in [-0.3, -0.25) is 9.59 Å². The van der Waals surface area contributed by atoms with E-state index in [4.69, 9.17) is 16.3 Å². The molecule has 0 bridgehead atoms. The largest absolute Gasteiger partial charge is 0.366 e. The van der Waals surface area contributed by atoms with Crippen LogP contribution in [0.1, 0.15) is 26.3 Å². The monoisotopic (exact) mass is 394 g/mol. The van der Waals surface area contributed by atoms with Crippen LogP contribution >= 0.6 is 0 Å². The zero-order valence-electron chi connectivity index (χ0n) is 17.4. The zero-order chi connectivity index (χ0) is 23.8. The van der Waals surface area contributed by atoms with E-state index < -0.39 is 11.8 Å². The summed E-state index contributed by atoms with van der Waals surface area (Å²) in [4.78, 5) is 19.3. The standard InChI is InChI=1S/C9H10.C4H7NO.C4H5N.C3H5NO.C3H3N/c1-8(2)9-6-4-3-5-7-9;1-3(2)4(5)6;1-4(2)3-5;1-2-3(4)5;1-2-3-4/h3-7H,1H2,2H3;1H2,2H3,(H2,5,6);1H2,2H3;2H,1H2,(H2,4,5);2H,1H2. The van der Waals surface area contributed by atoms with Crippen LogP contribution in [0.4, 0.5) is 0 Å². The molecule has 0 aliphatic heterocycles. The van der Waals surface area contributed by atoms with Crippen LogP contribution in [0, 0.1) is 22.7 Å². The van der Waals surface area contributed by atoms with Crippen LogP contribution in [-0.4, -0.2) is 11.8 Å². The lowest BCUT2D eigenvalue weighted by molar-refractivity contribution is -0.115. The molecule has 1 rings (SSSR count). The van der Waals surface area contributed by atoms with E-state index in [1.54, 1.807) is 19.9 Å². The lowest BCUT2D eigenvalue weighted by atomic mass is 10.1. The third-order valence-electron chi connectivity index (χ3n) is 2.17. The number of hydrogen-bond acceptors (Lipinski definition) is 4. The molecular weight excluding hydrogens is 364 g/mol. The highest BCUT2D eigenvalue weighted by atomic mass is 16.1. The molecule has 1 aromatic carbocycles. The minimum atomic E-state index is -0.481. The Hall–Kier alpha value is -4.16. The van der Waals surface area contributed by atoms with E-state index in [9.17, 15) is 9.59 Å². The number of nitriles is 2. The zero-order valence-corrected chi connectivity index (χ0v) is 17.4. The van der Waals surface area contributed by atoms with Crippen LogP contribution in [0.3, 0.4) is 0 Å². The van der Waals surface area contributed by atoms with Crippen molar-refractivity contribution in [3.63, 3.8) is 0 Å². The molecule has 0 heterocycles. The molecule has 0 aliphatic rings. The summed E-state index contributed by atoms with van der Waals surface area (Å²) in [5.41, 5.74) is 12.5. The summed E-state index contributed by atoms with van der Waals surface area (Å²) in [5.74, 6) is -0.917. The Labute approximate surface area is 174 Å². The molecule has 2 amide bonds. The number of nitrogens with zero attached hydrogens (tertiary/aromatic N) is 2. The maximum Gasteiger partial charge on any atom is 0.243 e. The van der Waals surface area contributed by atoms with E-state index in [1.807, 2.05) is 31.2 Å². The second-order valence-corrected chi connectivity index (χ2v) is 5.12. The molecule has 6 nitrogen and oxygen atoms in total. The number of hydrogen-bond donors (Lipinski definition) is 2. The minimum absolute atomic E-state index is 0.398. The summed E-state index contributed by atoms with van der Waals surface area (Å²) in [6, 6.07) is 13.7. The first-order chi connectivity index (χ1) is 13.4. The number of primary amides is 2. The van der Waals surface area contributed by atoms with Crippen LogP contribution < -0.4 is 11.5 Å². The number of allylic oxidation sites excluding steroid dienone is 3. The Balaban J connectivity index is -0.000000140. The van der Waals surface area contributed by atoms with Gasteiger partial charge >= 0.3 is 0 Å². The fourth-order valence-electron chi connectivity index (χ4n) is 0.723. The average molecular weight is 395 g/mol. The van der Waals surface area contributed by atoms with Crippen molar-refractivity contribution >= 4 is 17.4 Å². The van der Waals surface area contributed by atoms with Crippen molar-refractivity contribution in [3.8, 4) is 12.1 Å². The highest BCUT2D eigenvalue weighted by Crippen LogP contribution is 2.08. The van der Waals surface area contributed by atoms with Gasteiger partial charge in [0.05, 0.1) is 12.1 Å². The predicted molar refractivity (Wildman–Crippen MR) is 121 cm³/mol. The van der Waals surface area contributed by atoms with E-state index >= 15 is 0 Å². The van der Waals surface area contributed by atoms with Gasteiger partial charge in [-0.1, -0.05) is 68.8 Å². The number of benzene rings is 1. The molecule has 0 unspecified atom stereocenters. The highest BCUT2D eigenvalue weighted by Gasteiger charge is 1.87. The Morgan fingerprint density at radius 2 is 1.28 bits per heavy atom. The van der Waals surface area contributed by atoms with Gasteiger partial charge in [-0.05, 0) is 32.4 Å². The summed E-state index contributed by atoms with van der Waals surface area (Å²) in [6.07, 6.45) is 2.24. The van der Waals surface area contributed by atoms with Gasteiger partial charge in [0.25, 0.3) is 0 Å². The normalized spacial score (nSPS) is 6.93. The van der Waals surface area contributed by atoms with E-state index in [0.717, 1.165) is 11.6 Å². The summed E-state index contributed by atoms with van der Waals surface area (Å²) in [5, 5.41) is 15.3. The summed E-state index contributed by atoms with van der Waals surface area (Å²) >= 11 is 0. The fraction of sp³-hybridized carbons (Fsp3) is 0.130. The van der Waals surface area contributed by atoms with Gasteiger partial charge in [0, 0.05) is 17.2 Å². The van der Waals surface area contributed by atoms with Gasteiger partial charge in [0.2, 0.25) is 11.8 Å². The Bertz CT molecular complexity index is 752. The lowest BCUT2D eigenvalue weighted by Crippen LogP contribution is -2.10. The van der Waals surface area contributed by atoms with Crippen molar-refractivity contribution in [1.29, 1.82) is 10.5 Å². The van der Waals surface area contributed by atoms with Crippen molar-refractivity contribution in [3.05, 3.63) is 92.1 Å². The van der Waals surface area contributed by atoms with E-state index in [0.29, 0.717) is 11.1 Å². The van der Waals surface area contributed by atoms with Gasteiger partial charge < -0.3 is 11.5 Å². The van der Waals surface area contributed by atoms with Crippen molar-refractivity contribution in [2.45, 2.75) is 20.8 Å². The smallest absolute Gasteiger partial charge is 0.243 e. The molecule has 29 heavy (non-hydrogen) atoms. The molecule has 0 aliphatic carbocycles.